The van der Waals surface area contributed by atoms with Gasteiger partial charge >= 0.3 is 5.97 Å². The summed E-state index contributed by atoms with van der Waals surface area (Å²) >= 11 is 17.7. The normalized spacial score (nSPS) is 18.7. The van der Waals surface area contributed by atoms with E-state index in [1.807, 2.05) is 0 Å². The molecule has 0 saturated carbocycles. The van der Waals surface area contributed by atoms with Gasteiger partial charge in [-0.1, -0.05) is 34.8 Å². The lowest BCUT2D eigenvalue weighted by Crippen LogP contribution is -2.40. The van der Waals surface area contributed by atoms with Crippen LogP contribution in [0.25, 0.3) is 0 Å². The molecule has 1 aliphatic heterocycles. The van der Waals surface area contributed by atoms with Crippen molar-refractivity contribution >= 4 is 52.4 Å². The van der Waals surface area contributed by atoms with Crippen LogP contribution >= 0.6 is 34.8 Å². The molecule has 1 fully saturated rings. The van der Waals surface area contributed by atoms with E-state index in [0.717, 1.165) is 6.42 Å². The summed E-state index contributed by atoms with van der Waals surface area (Å²) in [6.45, 7) is 0.576. The van der Waals surface area contributed by atoms with Crippen molar-refractivity contribution in [3.8, 4) is 0 Å². The van der Waals surface area contributed by atoms with Gasteiger partial charge in [-0.15, -0.1) is 0 Å². The van der Waals surface area contributed by atoms with Gasteiger partial charge in [-0.25, -0.2) is 0 Å². The van der Waals surface area contributed by atoms with Gasteiger partial charge in [-0.2, -0.15) is 0 Å². The summed E-state index contributed by atoms with van der Waals surface area (Å²) < 4.78 is 0. The molecule has 114 valence electrons. The second-order valence-electron chi connectivity index (χ2n) is 4.76. The number of carbonyl (C=O) groups is 2. The van der Waals surface area contributed by atoms with Crippen molar-refractivity contribution in [1.29, 1.82) is 0 Å². The Morgan fingerprint density at radius 3 is 2.57 bits per heavy atom. The third-order valence-electron chi connectivity index (χ3n) is 3.28. The van der Waals surface area contributed by atoms with Crippen LogP contribution < -0.4 is 5.32 Å². The fourth-order valence-corrected chi connectivity index (χ4v) is 2.88. The third-order valence-corrected chi connectivity index (χ3v) is 4.31. The SMILES string of the molecule is O=C(CN1CCCC1C(=O)O)Nc1cc(Cl)c(Cl)cc1Cl. The number of amides is 1. The molecule has 2 rings (SSSR count). The Kier molecular flexibility index (Phi) is 5.32. The van der Waals surface area contributed by atoms with Gasteiger partial charge in [0.1, 0.15) is 6.04 Å². The predicted octanol–water partition coefficient (Wildman–Crippen LogP) is 3.13. The van der Waals surface area contributed by atoms with Crippen LogP contribution in [-0.2, 0) is 9.59 Å². The van der Waals surface area contributed by atoms with E-state index in [1.54, 1.807) is 4.90 Å². The molecule has 21 heavy (non-hydrogen) atoms. The number of carboxylic acids is 1. The summed E-state index contributed by atoms with van der Waals surface area (Å²) in [6.07, 6.45) is 1.31. The Labute approximate surface area is 136 Å². The molecule has 1 aromatic carbocycles. The number of benzene rings is 1. The van der Waals surface area contributed by atoms with Crippen molar-refractivity contribution in [2.24, 2.45) is 0 Å². The fourth-order valence-electron chi connectivity index (χ4n) is 2.29. The molecule has 1 heterocycles. The topological polar surface area (TPSA) is 69.6 Å². The predicted molar refractivity (Wildman–Crippen MR) is 82.3 cm³/mol. The molecule has 1 aromatic rings. The van der Waals surface area contributed by atoms with Crippen LogP contribution in [0.15, 0.2) is 12.1 Å². The maximum absolute atomic E-state index is 12.0. The van der Waals surface area contributed by atoms with Crippen LogP contribution in [0.1, 0.15) is 12.8 Å². The van der Waals surface area contributed by atoms with Crippen molar-refractivity contribution in [2.75, 3.05) is 18.4 Å². The molecule has 0 bridgehead atoms. The van der Waals surface area contributed by atoms with Crippen LogP contribution in [0.5, 0.6) is 0 Å². The Balaban J connectivity index is 2.02. The standard InChI is InChI=1S/C13H13Cl3N2O3/c14-7-4-9(16)10(5-8(7)15)17-12(19)6-18-3-1-2-11(18)13(20)21/h4-5,11H,1-3,6H2,(H,17,19)(H,20,21). The van der Waals surface area contributed by atoms with Gasteiger partial charge in [0.05, 0.1) is 27.3 Å². The largest absolute Gasteiger partial charge is 0.480 e. The first kappa shape index (κ1) is 16.4. The van der Waals surface area contributed by atoms with Gasteiger partial charge in [-0.3, -0.25) is 14.5 Å². The molecule has 0 aromatic heterocycles. The second kappa shape index (κ2) is 6.83. The number of nitrogens with zero attached hydrogens (tertiary/aromatic N) is 1. The van der Waals surface area contributed by atoms with E-state index in [4.69, 9.17) is 39.9 Å². The van der Waals surface area contributed by atoms with Gasteiger partial charge in [0.25, 0.3) is 0 Å². The highest BCUT2D eigenvalue weighted by Gasteiger charge is 2.31. The summed E-state index contributed by atoms with van der Waals surface area (Å²) in [5.41, 5.74) is 0.349. The molecule has 1 aliphatic rings. The van der Waals surface area contributed by atoms with E-state index in [1.165, 1.54) is 12.1 Å². The van der Waals surface area contributed by atoms with Gasteiger partial charge < -0.3 is 10.4 Å². The molecule has 1 amide bonds. The van der Waals surface area contributed by atoms with Gasteiger partial charge in [-0.05, 0) is 31.5 Å². The van der Waals surface area contributed by atoms with Gasteiger partial charge in [0.2, 0.25) is 5.91 Å². The number of hydrogen-bond acceptors (Lipinski definition) is 3. The highest BCUT2D eigenvalue weighted by Crippen LogP contribution is 2.32. The van der Waals surface area contributed by atoms with E-state index < -0.39 is 12.0 Å². The number of carboxylic acid groups (broad SMARTS) is 1. The van der Waals surface area contributed by atoms with E-state index in [9.17, 15) is 9.59 Å². The van der Waals surface area contributed by atoms with Crippen LogP contribution in [-0.4, -0.2) is 41.0 Å². The first-order chi connectivity index (χ1) is 9.88. The highest BCUT2D eigenvalue weighted by atomic mass is 35.5. The van der Waals surface area contributed by atoms with Gasteiger partial charge in [0, 0.05) is 0 Å². The first-order valence-electron chi connectivity index (χ1n) is 6.29. The maximum Gasteiger partial charge on any atom is 0.320 e. The molecular weight excluding hydrogens is 339 g/mol. The Bertz CT molecular complexity index is 580. The third kappa shape index (κ3) is 4.01. The van der Waals surface area contributed by atoms with Crippen LogP contribution in [0.4, 0.5) is 5.69 Å². The Morgan fingerprint density at radius 2 is 1.90 bits per heavy atom. The van der Waals surface area contributed by atoms with E-state index in [0.29, 0.717) is 23.7 Å². The summed E-state index contributed by atoms with van der Waals surface area (Å²) in [4.78, 5) is 24.7. The molecule has 0 spiro atoms. The minimum Gasteiger partial charge on any atom is -0.480 e. The first-order valence-corrected chi connectivity index (χ1v) is 7.43. The van der Waals surface area contributed by atoms with Crippen LogP contribution in [0, 0.1) is 0 Å². The van der Waals surface area contributed by atoms with E-state index >= 15 is 0 Å². The zero-order valence-corrected chi connectivity index (χ0v) is 13.2. The Hall–Kier alpha value is -1.01. The van der Waals surface area contributed by atoms with Crippen LogP contribution in [0.2, 0.25) is 15.1 Å². The molecule has 1 unspecified atom stereocenters. The van der Waals surface area contributed by atoms with Crippen LogP contribution in [0.3, 0.4) is 0 Å². The average molecular weight is 352 g/mol. The number of aliphatic carboxylic acids is 1. The minimum atomic E-state index is -0.909. The maximum atomic E-state index is 12.0. The number of halogens is 3. The zero-order valence-electron chi connectivity index (χ0n) is 10.9. The van der Waals surface area contributed by atoms with E-state index in [2.05, 4.69) is 5.32 Å². The number of hydrogen-bond donors (Lipinski definition) is 2. The Morgan fingerprint density at radius 1 is 1.24 bits per heavy atom. The summed E-state index contributed by atoms with van der Waals surface area (Å²) in [5.74, 6) is -1.25. The molecule has 2 N–H and O–H groups in total. The number of carbonyl (C=O) groups excluding carboxylic acids is 1. The molecule has 1 atom stereocenters. The average Bonchev–Trinajstić information content (AvgIpc) is 2.84. The summed E-state index contributed by atoms with van der Waals surface area (Å²) in [6, 6.07) is 2.29. The van der Waals surface area contributed by atoms with Crippen molar-refractivity contribution in [3.63, 3.8) is 0 Å². The lowest BCUT2D eigenvalue weighted by atomic mass is 10.2. The van der Waals surface area contributed by atoms with Crippen molar-refractivity contribution < 1.29 is 14.7 Å². The van der Waals surface area contributed by atoms with Crippen molar-refractivity contribution in [1.82, 2.24) is 4.90 Å². The number of anilines is 1. The van der Waals surface area contributed by atoms with Gasteiger partial charge in [0.15, 0.2) is 0 Å². The number of likely N-dealkylation sites (tertiary alicyclic amines) is 1. The van der Waals surface area contributed by atoms with Crippen molar-refractivity contribution in [2.45, 2.75) is 18.9 Å². The highest BCUT2D eigenvalue weighted by molar-refractivity contribution is 6.44. The lowest BCUT2D eigenvalue weighted by molar-refractivity contribution is -0.142. The molecule has 8 heteroatoms. The minimum absolute atomic E-state index is 0.00641. The summed E-state index contributed by atoms with van der Waals surface area (Å²) in [5, 5.41) is 12.5. The molecule has 1 saturated heterocycles. The lowest BCUT2D eigenvalue weighted by Gasteiger charge is -2.20. The fraction of sp³-hybridized carbons (Fsp3) is 0.385. The van der Waals surface area contributed by atoms with E-state index in [-0.39, 0.29) is 22.5 Å². The monoisotopic (exact) mass is 350 g/mol. The smallest absolute Gasteiger partial charge is 0.320 e. The second-order valence-corrected chi connectivity index (χ2v) is 5.98. The van der Waals surface area contributed by atoms with Crippen molar-refractivity contribution in [3.05, 3.63) is 27.2 Å². The molecular formula is C13H13Cl3N2O3. The summed E-state index contributed by atoms with van der Waals surface area (Å²) in [7, 11) is 0. The molecule has 5 nitrogen and oxygen atoms in total. The number of rotatable bonds is 4. The molecule has 0 radical (unpaired) electrons. The quantitative estimate of drug-likeness (QED) is 0.818. The zero-order chi connectivity index (χ0) is 15.6. The number of nitrogens with one attached hydrogen (secondary N) is 1. The molecule has 0 aliphatic carbocycles.